The Balaban J connectivity index is 2.18. The van der Waals surface area contributed by atoms with Crippen molar-refractivity contribution < 1.29 is 14.1 Å². The molecule has 0 amide bonds. The summed E-state index contributed by atoms with van der Waals surface area (Å²) >= 11 is 0. The lowest BCUT2D eigenvalue weighted by Gasteiger charge is -2.14. The third kappa shape index (κ3) is 3.42. The summed E-state index contributed by atoms with van der Waals surface area (Å²) in [4.78, 5) is 11.2. The molecule has 0 saturated carbocycles. The van der Waals surface area contributed by atoms with Gasteiger partial charge in [-0.15, -0.1) is 0 Å². The predicted molar refractivity (Wildman–Crippen MR) is 67.6 cm³/mol. The summed E-state index contributed by atoms with van der Waals surface area (Å²) in [7, 11) is 0. The molecule has 1 heterocycles. The molecule has 3 heteroatoms. The number of hydrogen-bond donors (Lipinski definition) is 0. The number of nitrogens with zero attached hydrogens (tertiary/aromatic N) is 1. The number of hydrogen-bond acceptors (Lipinski definition) is 2. The van der Waals surface area contributed by atoms with E-state index in [1.807, 2.05) is 65.5 Å². The highest BCUT2D eigenvalue weighted by molar-refractivity contribution is 5.66. The van der Waals surface area contributed by atoms with Gasteiger partial charge in [-0.05, 0) is 5.56 Å². The Morgan fingerprint density at radius 1 is 1.11 bits per heavy atom. The van der Waals surface area contributed by atoms with Crippen molar-refractivity contribution in [1.29, 1.82) is 0 Å². The van der Waals surface area contributed by atoms with Crippen LogP contribution in [0.25, 0.3) is 0 Å². The van der Waals surface area contributed by atoms with Gasteiger partial charge in [0.05, 0.1) is 0 Å². The van der Waals surface area contributed by atoms with Gasteiger partial charge in [-0.1, -0.05) is 36.4 Å². The van der Waals surface area contributed by atoms with Crippen molar-refractivity contribution in [2.24, 2.45) is 0 Å². The monoisotopic (exact) mass is 242 g/mol. The fourth-order valence-corrected chi connectivity index (χ4v) is 1.83. The van der Waals surface area contributed by atoms with E-state index in [0.717, 1.165) is 5.56 Å². The van der Waals surface area contributed by atoms with E-state index in [0.29, 0.717) is 6.54 Å². The van der Waals surface area contributed by atoms with Gasteiger partial charge in [0, 0.05) is 19.1 Å². The molecule has 0 unspecified atom stereocenters. The average molecular weight is 242 g/mol. The first-order valence-electron chi connectivity index (χ1n) is 5.92. The molecule has 0 spiro atoms. The second-order valence-corrected chi connectivity index (χ2v) is 4.08. The van der Waals surface area contributed by atoms with Crippen LogP contribution in [0.4, 0.5) is 0 Å². The van der Waals surface area contributed by atoms with Crippen LogP contribution in [-0.4, -0.2) is 5.97 Å². The first-order valence-corrected chi connectivity index (χ1v) is 5.92. The molecule has 0 radical (unpaired) electrons. The topological polar surface area (TPSA) is 30.2 Å². The highest BCUT2D eigenvalue weighted by Crippen LogP contribution is 2.17. The Hall–Kier alpha value is -2.16. The number of ether oxygens (including phenoxy) is 1. The van der Waals surface area contributed by atoms with E-state index in [1.54, 1.807) is 0 Å². The normalized spacial score (nSPS) is 11.8. The molecule has 2 rings (SSSR count). The molecule has 1 aromatic heterocycles. The molecule has 0 aliphatic carbocycles. The summed E-state index contributed by atoms with van der Waals surface area (Å²) < 4.78 is 7.38. The molecular weight excluding hydrogens is 226 g/mol. The van der Waals surface area contributed by atoms with Crippen molar-refractivity contribution in [1.82, 2.24) is 0 Å². The quantitative estimate of drug-likeness (QED) is 0.608. The predicted octanol–water partition coefficient (Wildman–Crippen LogP) is 2.28. The maximum absolute atomic E-state index is 11.2. The standard InChI is InChI=1S/C15H16NO2/c1-13(17)18-15(14-8-4-2-5-9-14)12-16-10-6-3-7-11-16/h2-11,15H,12H2,1H3/q+1/t15-/m1/s1. The van der Waals surface area contributed by atoms with Crippen molar-refractivity contribution >= 4 is 5.97 Å². The summed E-state index contributed by atoms with van der Waals surface area (Å²) in [6.07, 6.45) is 3.66. The zero-order valence-electron chi connectivity index (χ0n) is 10.3. The number of esters is 1. The van der Waals surface area contributed by atoms with E-state index in [-0.39, 0.29) is 12.1 Å². The summed E-state index contributed by atoms with van der Waals surface area (Å²) in [6, 6.07) is 15.6. The highest BCUT2D eigenvalue weighted by Gasteiger charge is 2.19. The minimum atomic E-state index is -0.264. The zero-order valence-corrected chi connectivity index (χ0v) is 10.3. The summed E-state index contributed by atoms with van der Waals surface area (Å²) in [5, 5.41) is 0. The van der Waals surface area contributed by atoms with Crippen LogP contribution in [0.1, 0.15) is 18.6 Å². The van der Waals surface area contributed by atoms with E-state index in [4.69, 9.17) is 4.74 Å². The third-order valence-corrected chi connectivity index (χ3v) is 2.63. The lowest BCUT2D eigenvalue weighted by atomic mass is 10.1. The molecule has 0 bridgehead atoms. The number of aromatic nitrogens is 1. The van der Waals surface area contributed by atoms with Crippen molar-refractivity contribution in [3.05, 3.63) is 66.5 Å². The fourth-order valence-electron chi connectivity index (χ4n) is 1.83. The maximum atomic E-state index is 11.2. The van der Waals surface area contributed by atoms with E-state index in [2.05, 4.69) is 0 Å². The fraction of sp³-hybridized carbons (Fsp3) is 0.200. The Labute approximate surface area is 107 Å². The smallest absolute Gasteiger partial charge is 0.303 e. The molecule has 0 aliphatic heterocycles. The van der Waals surface area contributed by atoms with Gasteiger partial charge in [0.1, 0.15) is 0 Å². The van der Waals surface area contributed by atoms with Gasteiger partial charge in [0.25, 0.3) is 0 Å². The molecule has 92 valence electrons. The lowest BCUT2D eigenvalue weighted by Crippen LogP contribution is -2.36. The Kier molecular flexibility index (Phi) is 4.07. The first-order chi connectivity index (χ1) is 8.75. The molecule has 1 aromatic carbocycles. The molecule has 0 saturated heterocycles. The van der Waals surface area contributed by atoms with Gasteiger partial charge in [0.2, 0.25) is 0 Å². The number of carbonyl (C=O) groups is 1. The first kappa shape index (κ1) is 12.3. The van der Waals surface area contributed by atoms with Gasteiger partial charge < -0.3 is 4.74 Å². The highest BCUT2D eigenvalue weighted by atomic mass is 16.5. The van der Waals surface area contributed by atoms with Crippen molar-refractivity contribution in [3.63, 3.8) is 0 Å². The number of benzene rings is 1. The Morgan fingerprint density at radius 2 is 1.72 bits per heavy atom. The van der Waals surface area contributed by atoms with Crippen LogP contribution < -0.4 is 4.57 Å². The molecule has 1 atom stereocenters. The Bertz CT molecular complexity index is 496. The molecule has 0 fully saturated rings. The molecule has 3 nitrogen and oxygen atoms in total. The van der Waals surface area contributed by atoms with Crippen LogP contribution in [0, 0.1) is 0 Å². The zero-order chi connectivity index (χ0) is 12.8. The van der Waals surface area contributed by atoms with Gasteiger partial charge in [-0.3, -0.25) is 4.79 Å². The summed E-state index contributed by atoms with van der Waals surface area (Å²) in [5.41, 5.74) is 1.00. The lowest BCUT2D eigenvalue weighted by molar-refractivity contribution is -0.704. The molecular formula is C15H16NO2+. The largest absolute Gasteiger partial charge is 0.451 e. The van der Waals surface area contributed by atoms with Crippen LogP contribution in [-0.2, 0) is 16.1 Å². The molecule has 0 N–H and O–H groups in total. The number of carbonyl (C=O) groups excluding carboxylic acids is 1. The maximum Gasteiger partial charge on any atom is 0.303 e. The second kappa shape index (κ2) is 5.96. The van der Waals surface area contributed by atoms with Crippen LogP contribution in [0.15, 0.2) is 60.9 Å². The van der Waals surface area contributed by atoms with E-state index >= 15 is 0 Å². The summed E-state index contributed by atoms with van der Waals surface area (Å²) in [5.74, 6) is -0.264. The number of rotatable bonds is 4. The third-order valence-electron chi connectivity index (χ3n) is 2.63. The minimum Gasteiger partial charge on any atom is -0.451 e. The van der Waals surface area contributed by atoms with E-state index in [1.165, 1.54) is 6.92 Å². The molecule has 2 aromatic rings. The average Bonchev–Trinajstić information content (AvgIpc) is 2.40. The van der Waals surface area contributed by atoms with Crippen molar-refractivity contribution in [2.45, 2.75) is 19.6 Å². The van der Waals surface area contributed by atoms with Gasteiger partial charge in [0.15, 0.2) is 25.0 Å². The van der Waals surface area contributed by atoms with Gasteiger partial charge >= 0.3 is 5.97 Å². The minimum absolute atomic E-state index is 0.254. The second-order valence-electron chi connectivity index (χ2n) is 4.08. The van der Waals surface area contributed by atoms with E-state index < -0.39 is 0 Å². The van der Waals surface area contributed by atoms with Gasteiger partial charge in [-0.25, -0.2) is 4.57 Å². The van der Waals surface area contributed by atoms with Crippen LogP contribution in [0.2, 0.25) is 0 Å². The van der Waals surface area contributed by atoms with Crippen LogP contribution in [0.5, 0.6) is 0 Å². The van der Waals surface area contributed by atoms with E-state index in [9.17, 15) is 4.79 Å². The Morgan fingerprint density at radius 3 is 2.33 bits per heavy atom. The van der Waals surface area contributed by atoms with Crippen molar-refractivity contribution in [3.8, 4) is 0 Å². The number of pyridine rings is 1. The SMILES string of the molecule is CC(=O)O[C@H](C[n+]1ccccc1)c1ccccc1. The van der Waals surface area contributed by atoms with Crippen LogP contribution >= 0.6 is 0 Å². The van der Waals surface area contributed by atoms with Crippen LogP contribution in [0.3, 0.4) is 0 Å². The van der Waals surface area contributed by atoms with Crippen molar-refractivity contribution in [2.75, 3.05) is 0 Å². The molecule has 0 aliphatic rings. The molecule has 18 heavy (non-hydrogen) atoms. The van der Waals surface area contributed by atoms with Gasteiger partial charge in [-0.2, -0.15) is 0 Å². The summed E-state index contributed by atoms with van der Waals surface area (Å²) in [6.45, 7) is 2.05.